The first kappa shape index (κ1) is 15.1. The lowest BCUT2D eigenvalue weighted by molar-refractivity contribution is -0.138. The molecule has 0 spiro atoms. The molecule has 2 heterocycles. The second kappa shape index (κ2) is 6.43. The lowest BCUT2D eigenvalue weighted by atomic mass is 10.1. The quantitative estimate of drug-likeness (QED) is 0.837. The number of amides is 2. The van der Waals surface area contributed by atoms with E-state index < -0.39 is 5.97 Å². The number of carbonyl (C=O) groups is 2. The van der Waals surface area contributed by atoms with Crippen molar-refractivity contribution in [1.29, 1.82) is 0 Å². The summed E-state index contributed by atoms with van der Waals surface area (Å²) in [4.78, 5) is 29.1. The highest BCUT2D eigenvalue weighted by molar-refractivity contribution is 5.75. The number of carboxylic acid groups (broad SMARTS) is 1. The zero-order valence-corrected chi connectivity index (χ0v) is 12.4. The average Bonchev–Trinajstić information content (AvgIpc) is 2.84. The van der Waals surface area contributed by atoms with Crippen LogP contribution in [-0.2, 0) is 4.79 Å². The molecule has 2 fully saturated rings. The molecule has 6 nitrogen and oxygen atoms in total. The first-order chi connectivity index (χ1) is 9.47. The van der Waals surface area contributed by atoms with Crippen molar-refractivity contribution in [1.82, 2.24) is 14.7 Å². The van der Waals surface area contributed by atoms with Gasteiger partial charge in [0.15, 0.2) is 0 Å². The molecule has 2 aliphatic rings. The van der Waals surface area contributed by atoms with Crippen molar-refractivity contribution in [3.8, 4) is 0 Å². The molecule has 0 aliphatic carbocycles. The van der Waals surface area contributed by atoms with Gasteiger partial charge in [-0.2, -0.15) is 0 Å². The van der Waals surface area contributed by atoms with E-state index in [1.807, 2.05) is 16.8 Å². The van der Waals surface area contributed by atoms with Gasteiger partial charge in [0.25, 0.3) is 0 Å². The molecule has 2 unspecified atom stereocenters. The number of aliphatic carboxylic acids is 1. The summed E-state index contributed by atoms with van der Waals surface area (Å²) in [7, 11) is 3.96. The van der Waals surface area contributed by atoms with Crippen LogP contribution in [0.3, 0.4) is 0 Å². The summed E-state index contributed by atoms with van der Waals surface area (Å²) in [6.45, 7) is 3.29. The molecule has 114 valence electrons. The molecular formula is C14H25N3O3. The van der Waals surface area contributed by atoms with Gasteiger partial charge in [-0.1, -0.05) is 0 Å². The minimum absolute atomic E-state index is 0.0539. The van der Waals surface area contributed by atoms with Gasteiger partial charge in [0, 0.05) is 39.1 Å². The van der Waals surface area contributed by atoms with E-state index in [4.69, 9.17) is 5.11 Å². The number of likely N-dealkylation sites (tertiary alicyclic amines) is 2. The maximum atomic E-state index is 12.5. The number of carbonyl (C=O) groups excluding carboxylic acids is 1. The van der Waals surface area contributed by atoms with Crippen molar-refractivity contribution < 1.29 is 14.7 Å². The standard InChI is InChI=1S/C14H25N3O3/c1-15-6-3-4-12(10-15)16(2)14(20)17-7-5-11(9-17)8-13(18)19/h11-12H,3-10H2,1-2H3,(H,18,19). The van der Waals surface area contributed by atoms with E-state index in [0.717, 1.165) is 32.4 Å². The molecule has 2 saturated heterocycles. The van der Waals surface area contributed by atoms with Crippen LogP contribution >= 0.6 is 0 Å². The molecule has 0 saturated carbocycles. The zero-order chi connectivity index (χ0) is 14.7. The molecule has 0 aromatic rings. The van der Waals surface area contributed by atoms with Crippen molar-refractivity contribution in [3.63, 3.8) is 0 Å². The van der Waals surface area contributed by atoms with Gasteiger partial charge in [0.05, 0.1) is 0 Å². The van der Waals surface area contributed by atoms with Crippen LogP contribution in [-0.4, -0.2) is 78.1 Å². The van der Waals surface area contributed by atoms with E-state index in [-0.39, 0.29) is 24.4 Å². The van der Waals surface area contributed by atoms with Crippen LogP contribution in [0, 0.1) is 5.92 Å². The van der Waals surface area contributed by atoms with Crippen LogP contribution < -0.4 is 0 Å². The normalized spacial score (nSPS) is 27.6. The van der Waals surface area contributed by atoms with Crippen LogP contribution in [0.5, 0.6) is 0 Å². The van der Waals surface area contributed by atoms with E-state index >= 15 is 0 Å². The summed E-state index contributed by atoms with van der Waals surface area (Å²) in [6.07, 6.45) is 3.15. The predicted molar refractivity (Wildman–Crippen MR) is 75.6 cm³/mol. The van der Waals surface area contributed by atoms with Crippen LogP contribution in [0.25, 0.3) is 0 Å². The highest BCUT2D eigenvalue weighted by Gasteiger charge is 2.32. The third-order valence-corrected chi connectivity index (χ3v) is 4.47. The number of nitrogens with zero attached hydrogens (tertiary/aromatic N) is 3. The fraction of sp³-hybridized carbons (Fsp3) is 0.857. The zero-order valence-electron chi connectivity index (χ0n) is 12.4. The third kappa shape index (κ3) is 3.62. The topological polar surface area (TPSA) is 64.1 Å². The average molecular weight is 283 g/mol. The highest BCUT2D eigenvalue weighted by Crippen LogP contribution is 2.22. The fourth-order valence-electron chi connectivity index (χ4n) is 3.25. The second-order valence-electron chi connectivity index (χ2n) is 6.15. The maximum absolute atomic E-state index is 12.5. The van der Waals surface area contributed by atoms with E-state index in [2.05, 4.69) is 11.9 Å². The molecule has 2 amide bonds. The van der Waals surface area contributed by atoms with Gasteiger partial charge in [0.2, 0.25) is 0 Å². The molecule has 2 aliphatic heterocycles. The maximum Gasteiger partial charge on any atom is 0.320 e. The summed E-state index contributed by atoms with van der Waals surface area (Å²) >= 11 is 0. The van der Waals surface area contributed by atoms with Gasteiger partial charge in [-0.3, -0.25) is 4.79 Å². The van der Waals surface area contributed by atoms with Gasteiger partial charge in [-0.05, 0) is 38.8 Å². The highest BCUT2D eigenvalue weighted by atomic mass is 16.4. The molecule has 2 rings (SSSR count). The number of rotatable bonds is 3. The minimum Gasteiger partial charge on any atom is -0.481 e. The second-order valence-corrected chi connectivity index (χ2v) is 6.15. The summed E-state index contributed by atoms with van der Waals surface area (Å²) < 4.78 is 0. The summed E-state index contributed by atoms with van der Waals surface area (Å²) in [5, 5.41) is 8.82. The van der Waals surface area contributed by atoms with Gasteiger partial charge in [-0.25, -0.2) is 4.79 Å². The third-order valence-electron chi connectivity index (χ3n) is 4.47. The Morgan fingerprint density at radius 3 is 2.65 bits per heavy atom. The Morgan fingerprint density at radius 1 is 1.25 bits per heavy atom. The van der Waals surface area contributed by atoms with E-state index in [1.165, 1.54) is 0 Å². The van der Waals surface area contributed by atoms with Crippen molar-refractivity contribution in [2.75, 3.05) is 40.3 Å². The van der Waals surface area contributed by atoms with Gasteiger partial charge >= 0.3 is 12.0 Å². The van der Waals surface area contributed by atoms with Crippen molar-refractivity contribution in [3.05, 3.63) is 0 Å². The molecule has 6 heteroatoms. The smallest absolute Gasteiger partial charge is 0.320 e. The molecular weight excluding hydrogens is 258 g/mol. The van der Waals surface area contributed by atoms with Crippen LogP contribution in [0.4, 0.5) is 4.79 Å². The van der Waals surface area contributed by atoms with Crippen molar-refractivity contribution >= 4 is 12.0 Å². The Hall–Kier alpha value is -1.30. The fourth-order valence-corrected chi connectivity index (χ4v) is 3.25. The van der Waals surface area contributed by atoms with Crippen LogP contribution in [0.15, 0.2) is 0 Å². The first-order valence-electron chi connectivity index (χ1n) is 7.39. The largest absolute Gasteiger partial charge is 0.481 e. The van der Waals surface area contributed by atoms with E-state index in [1.54, 1.807) is 0 Å². The van der Waals surface area contributed by atoms with Crippen LogP contribution in [0.1, 0.15) is 25.7 Å². The Morgan fingerprint density at radius 2 is 2.00 bits per heavy atom. The Balaban J connectivity index is 1.86. The van der Waals surface area contributed by atoms with Gasteiger partial charge in [-0.15, -0.1) is 0 Å². The number of hydrogen-bond acceptors (Lipinski definition) is 3. The number of likely N-dealkylation sites (N-methyl/N-ethyl adjacent to an activating group) is 2. The lowest BCUT2D eigenvalue weighted by Crippen LogP contribution is -2.51. The number of hydrogen-bond donors (Lipinski definition) is 1. The lowest BCUT2D eigenvalue weighted by Gasteiger charge is -2.37. The predicted octanol–water partition coefficient (Wildman–Crippen LogP) is 0.929. The molecule has 0 radical (unpaired) electrons. The Bertz CT molecular complexity index is 375. The molecule has 0 bridgehead atoms. The Kier molecular flexibility index (Phi) is 4.86. The number of carboxylic acids is 1. The van der Waals surface area contributed by atoms with Crippen molar-refractivity contribution in [2.24, 2.45) is 5.92 Å². The van der Waals surface area contributed by atoms with Gasteiger partial charge < -0.3 is 19.8 Å². The van der Waals surface area contributed by atoms with Crippen LogP contribution in [0.2, 0.25) is 0 Å². The molecule has 20 heavy (non-hydrogen) atoms. The minimum atomic E-state index is -0.772. The molecule has 2 atom stereocenters. The monoisotopic (exact) mass is 283 g/mol. The molecule has 0 aromatic heterocycles. The Labute approximate surface area is 120 Å². The van der Waals surface area contributed by atoms with Gasteiger partial charge in [0.1, 0.15) is 0 Å². The SMILES string of the molecule is CN1CCCC(N(C)C(=O)N2CCC(CC(=O)O)C2)C1. The number of piperidine rings is 1. The van der Waals surface area contributed by atoms with E-state index in [0.29, 0.717) is 13.1 Å². The first-order valence-corrected chi connectivity index (χ1v) is 7.39. The molecule has 0 aromatic carbocycles. The number of urea groups is 1. The summed E-state index contributed by atoms with van der Waals surface area (Å²) in [6, 6.07) is 0.331. The molecule has 1 N–H and O–H groups in total. The van der Waals surface area contributed by atoms with E-state index in [9.17, 15) is 9.59 Å². The summed E-state index contributed by atoms with van der Waals surface area (Å²) in [5.74, 6) is -0.662. The van der Waals surface area contributed by atoms with Crippen molar-refractivity contribution in [2.45, 2.75) is 31.7 Å². The summed E-state index contributed by atoms with van der Waals surface area (Å²) in [5.41, 5.74) is 0.